The Morgan fingerprint density at radius 3 is 2.08 bits per heavy atom. The lowest BCUT2D eigenvalue weighted by Gasteiger charge is -2.44. The van der Waals surface area contributed by atoms with Gasteiger partial charge in [0.25, 0.3) is 0 Å². The molecular weight excluding hydrogens is 482 g/mol. The fourth-order valence-electron chi connectivity index (χ4n) is 4.40. The van der Waals surface area contributed by atoms with Crippen LogP contribution in [0, 0.1) is 0 Å². The Morgan fingerprint density at radius 2 is 1.58 bits per heavy atom. The zero-order chi connectivity index (χ0) is 28.1. The highest BCUT2D eigenvalue weighted by Gasteiger charge is 2.42. The van der Waals surface area contributed by atoms with Gasteiger partial charge in [0.15, 0.2) is 0 Å². The summed E-state index contributed by atoms with van der Waals surface area (Å²) >= 11 is 0. The molecule has 1 aliphatic rings. The van der Waals surface area contributed by atoms with Gasteiger partial charge in [0, 0.05) is 18.0 Å². The molecule has 0 radical (unpaired) electrons. The number of hydrogen-bond donors (Lipinski definition) is 3. The fraction of sp³-hybridized carbons (Fsp3) is 0.500. The molecule has 0 heterocycles. The summed E-state index contributed by atoms with van der Waals surface area (Å²) in [5.74, 6) is -0.607. The van der Waals surface area contributed by atoms with Gasteiger partial charge >= 0.3 is 6.09 Å². The summed E-state index contributed by atoms with van der Waals surface area (Å²) in [6, 6.07) is 13.7. The normalized spacial score (nSPS) is 15.5. The molecule has 0 spiro atoms. The lowest BCUT2D eigenvalue weighted by molar-refractivity contribution is -0.148. The van der Waals surface area contributed by atoms with Gasteiger partial charge in [-0.25, -0.2) is 4.79 Å². The number of amides is 3. The minimum Gasteiger partial charge on any atom is -0.508 e. The molecule has 1 aliphatic carbocycles. The first-order chi connectivity index (χ1) is 17.7. The van der Waals surface area contributed by atoms with Crippen LogP contribution in [0.25, 0.3) is 0 Å². The van der Waals surface area contributed by atoms with Gasteiger partial charge in [-0.1, -0.05) is 42.5 Å². The second kappa shape index (κ2) is 11.9. The van der Waals surface area contributed by atoms with Gasteiger partial charge in [-0.3, -0.25) is 9.59 Å². The van der Waals surface area contributed by atoms with E-state index < -0.39 is 29.3 Å². The molecule has 2 atom stereocenters. The summed E-state index contributed by atoms with van der Waals surface area (Å²) in [5, 5.41) is 15.7. The van der Waals surface area contributed by atoms with Crippen LogP contribution in [0.3, 0.4) is 0 Å². The van der Waals surface area contributed by atoms with Crippen LogP contribution in [0.2, 0.25) is 0 Å². The van der Waals surface area contributed by atoms with Gasteiger partial charge in [0.2, 0.25) is 11.8 Å². The van der Waals surface area contributed by atoms with Crippen LogP contribution in [-0.4, -0.2) is 51.1 Å². The molecule has 0 saturated heterocycles. The number of phenols is 1. The number of nitrogens with zero attached hydrogens (tertiary/aromatic N) is 1. The van der Waals surface area contributed by atoms with E-state index in [1.807, 2.05) is 51.1 Å². The van der Waals surface area contributed by atoms with E-state index in [2.05, 4.69) is 10.6 Å². The molecule has 0 bridgehead atoms. The molecular formula is C30H41N3O5. The van der Waals surface area contributed by atoms with E-state index in [9.17, 15) is 19.5 Å². The van der Waals surface area contributed by atoms with Crippen LogP contribution < -0.4 is 10.6 Å². The number of ether oxygens (including phenoxy) is 1. The number of rotatable bonds is 8. The van der Waals surface area contributed by atoms with Crippen molar-refractivity contribution < 1.29 is 24.2 Å². The third-order valence-corrected chi connectivity index (χ3v) is 6.23. The summed E-state index contributed by atoms with van der Waals surface area (Å²) < 4.78 is 5.48. The Hall–Kier alpha value is -3.55. The monoisotopic (exact) mass is 523 g/mol. The van der Waals surface area contributed by atoms with Gasteiger partial charge < -0.3 is 25.4 Å². The van der Waals surface area contributed by atoms with Crippen molar-refractivity contribution >= 4 is 17.9 Å². The minimum atomic E-state index is -0.949. The van der Waals surface area contributed by atoms with E-state index in [0.29, 0.717) is 5.56 Å². The number of benzene rings is 2. The van der Waals surface area contributed by atoms with Crippen LogP contribution >= 0.6 is 0 Å². The molecule has 8 nitrogen and oxygen atoms in total. The Labute approximate surface area is 225 Å². The number of hydrogen-bond acceptors (Lipinski definition) is 5. The van der Waals surface area contributed by atoms with Gasteiger partial charge in [-0.2, -0.15) is 0 Å². The maximum Gasteiger partial charge on any atom is 0.408 e. The second-order valence-electron chi connectivity index (χ2n) is 12.0. The Balaban J connectivity index is 2.03. The molecule has 8 heteroatoms. The van der Waals surface area contributed by atoms with Crippen molar-refractivity contribution in [3.05, 3.63) is 65.7 Å². The van der Waals surface area contributed by atoms with Gasteiger partial charge in [0.05, 0.1) is 0 Å². The first-order valence-electron chi connectivity index (χ1n) is 13.2. The molecule has 0 aromatic heterocycles. The third kappa shape index (κ3) is 8.23. The van der Waals surface area contributed by atoms with Gasteiger partial charge in [-0.15, -0.1) is 0 Å². The smallest absolute Gasteiger partial charge is 0.408 e. The predicted octanol–water partition coefficient (Wildman–Crippen LogP) is 4.87. The van der Waals surface area contributed by atoms with Crippen molar-refractivity contribution in [2.24, 2.45) is 0 Å². The van der Waals surface area contributed by atoms with Crippen molar-refractivity contribution in [3.8, 4) is 5.75 Å². The molecule has 0 aliphatic heterocycles. The number of carbonyl (C=O) groups is 3. The molecule has 2 aromatic carbocycles. The molecule has 3 N–H and O–H groups in total. The van der Waals surface area contributed by atoms with Crippen LogP contribution in [0.4, 0.5) is 4.79 Å². The fourth-order valence-corrected chi connectivity index (χ4v) is 4.40. The molecule has 1 fully saturated rings. The van der Waals surface area contributed by atoms with Crippen molar-refractivity contribution in [1.82, 2.24) is 15.5 Å². The average molecular weight is 524 g/mol. The zero-order valence-electron chi connectivity index (χ0n) is 23.3. The molecule has 206 valence electrons. The molecule has 2 unspecified atom stereocenters. The predicted molar refractivity (Wildman–Crippen MR) is 147 cm³/mol. The highest BCUT2D eigenvalue weighted by molar-refractivity contribution is 5.93. The zero-order valence-corrected chi connectivity index (χ0v) is 23.3. The van der Waals surface area contributed by atoms with E-state index >= 15 is 0 Å². The second-order valence-corrected chi connectivity index (χ2v) is 12.0. The summed E-state index contributed by atoms with van der Waals surface area (Å²) in [7, 11) is 0. The number of phenolic OH excluding ortho intramolecular Hbond substituents is 1. The van der Waals surface area contributed by atoms with Crippen LogP contribution in [-0.2, 0) is 20.7 Å². The minimum absolute atomic E-state index is 0.0683. The van der Waals surface area contributed by atoms with E-state index in [0.717, 1.165) is 24.8 Å². The van der Waals surface area contributed by atoms with E-state index in [4.69, 9.17) is 4.74 Å². The Bertz CT molecular complexity index is 1100. The van der Waals surface area contributed by atoms with E-state index in [-0.39, 0.29) is 30.0 Å². The topological polar surface area (TPSA) is 108 Å². The van der Waals surface area contributed by atoms with Crippen molar-refractivity contribution in [1.29, 1.82) is 0 Å². The number of alkyl carbamates (subject to hydrolysis) is 1. The number of nitrogens with one attached hydrogen (secondary N) is 2. The molecule has 1 saturated carbocycles. The summed E-state index contributed by atoms with van der Waals surface area (Å²) in [6.07, 6.45) is 2.01. The van der Waals surface area contributed by atoms with E-state index in [1.54, 1.807) is 37.8 Å². The standard InChI is InChI=1S/C30H41N3O5/c1-29(2,3)32-26(35)25(21-15-17-23(34)18-16-21)33(22-13-10-14-22)27(36)24(19-20-11-8-7-9-12-20)31-28(37)38-30(4,5)6/h7-9,11-12,15-18,22,24-25,34H,10,13-14,19H2,1-6H3,(H,31,37)(H,32,35). The third-order valence-electron chi connectivity index (χ3n) is 6.23. The van der Waals surface area contributed by atoms with E-state index in [1.165, 1.54) is 12.1 Å². The molecule has 2 aromatic rings. The lowest BCUT2D eigenvalue weighted by Crippen LogP contribution is -2.59. The first-order valence-corrected chi connectivity index (χ1v) is 13.2. The molecule has 38 heavy (non-hydrogen) atoms. The number of carbonyl (C=O) groups excluding carboxylic acids is 3. The Kier molecular flexibility index (Phi) is 9.07. The molecule has 3 rings (SSSR count). The first kappa shape index (κ1) is 29.0. The van der Waals surface area contributed by atoms with Gasteiger partial charge in [0.1, 0.15) is 23.4 Å². The molecule has 3 amide bonds. The maximum atomic E-state index is 14.4. The SMILES string of the molecule is CC(C)(C)NC(=O)C(c1ccc(O)cc1)N(C(=O)C(Cc1ccccc1)NC(=O)OC(C)(C)C)C1CCC1. The summed E-state index contributed by atoms with van der Waals surface area (Å²) in [5.41, 5.74) is 0.189. The van der Waals surface area contributed by atoms with Crippen LogP contribution in [0.1, 0.15) is 78.0 Å². The van der Waals surface area contributed by atoms with Crippen molar-refractivity contribution in [3.63, 3.8) is 0 Å². The largest absolute Gasteiger partial charge is 0.508 e. The summed E-state index contributed by atoms with van der Waals surface area (Å²) in [4.78, 5) is 42.6. The quantitative estimate of drug-likeness (QED) is 0.458. The Morgan fingerprint density at radius 1 is 0.974 bits per heavy atom. The summed E-state index contributed by atoms with van der Waals surface area (Å²) in [6.45, 7) is 10.9. The lowest BCUT2D eigenvalue weighted by atomic mass is 9.87. The van der Waals surface area contributed by atoms with Crippen molar-refractivity contribution in [2.45, 2.75) is 96.5 Å². The highest BCUT2D eigenvalue weighted by Crippen LogP contribution is 2.34. The average Bonchev–Trinajstić information content (AvgIpc) is 2.76. The maximum absolute atomic E-state index is 14.4. The van der Waals surface area contributed by atoms with Crippen LogP contribution in [0.15, 0.2) is 54.6 Å². The van der Waals surface area contributed by atoms with Crippen molar-refractivity contribution in [2.75, 3.05) is 0 Å². The number of aromatic hydroxyl groups is 1. The van der Waals surface area contributed by atoms with Crippen LogP contribution in [0.5, 0.6) is 5.75 Å². The van der Waals surface area contributed by atoms with Gasteiger partial charge in [-0.05, 0) is 84.1 Å². The highest BCUT2D eigenvalue weighted by atomic mass is 16.6.